The molecule has 0 aliphatic carbocycles. The van der Waals surface area contributed by atoms with Gasteiger partial charge in [0.2, 0.25) is 0 Å². The van der Waals surface area contributed by atoms with Gasteiger partial charge in [0, 0.05) is 17.1 Å². The molecule has 0 fully saturated rings. The van der Waals surface area contributed by atoms with Crippen LogP contribution in [0.2, 0.25) is 10.0 Å². The molecule has 3 rings (SSSR count). The second kappa shape index (κ2) is 9.93. The number of urea groups is 1. The van der Waals surface area contributed by atoms with Gasteiger partial charge in [0.05, 0.1) is 29.5 Å². The number of carbonyl (C=O) groups excluding carboxylic acids is 2. The number of rotatable bonds is 6. The first-order valence-electron chi connectivity index (χ1n) is 9.72. The van der Waals surface area contributed by atoms with E-state index in [1.807, 2.05) is 0 Å². The third-order valence-corrected chi connectivity index (χ3v) is 5.45. The summed E-state index contributed by atoms with van der Waals surface area (Å²) < 4.78 is 49.8. The summed E-state index contributed by atoms with van der Waals surface area (Å²) in [6, 6.07) is 7.31. The minimum atomic E-state index is -4.55. The van der Waals surface area contributed by atoms with E-state index >= 15 is 0 Å². The molecule has 1 heterocycles. The first-order chi connectivity index (χ1) is 15.5. The predicted molar refractivity (Wildman–Crippen MR) is 116 cm³/mol. The van der Waals surface area contributed by atoms with Gasteiger partial charge in [-0.25, -0.2) is 9.59 Å². The first-order valence-corrected chi connectivity index (χ1v) is 10.5. The topological polar surface area (TPSA) is 67.9 Å². The number of nitrogens with one attached hydrogen (secondary N) is 1. The van der Waals surface area contributed by atoms with Gasteiger partial charge in [-0.1, -0.05) is 35.3 Å². The number of likely N-dealkylation sites (N-methyl/N-ethyl adjacent to an activating group) is 1. The van der Waals surface area contributed by atoms with Gasteiger partial charge in [-0.15, -0.1) is 0 Å². The highest BCUT2D eigenvalue weighted by molar-refractivity contribution is 6.35. The normalized spacial score (nSPS) is 16.5. The number of alkyl halides is 3. The second-order valence-corrected chi connectivity index (χ2v) is 7.85. The van der Waals surface area contributed by atoms with Crippen LogP contribution in [0.15, 0.2) is 53.7 Å². The number of amides is 2. The van der Waals surface area contributed by atoms with Crippen LogP contribution in [0.25, 0.3) is 0 Å². The Balaban J connectivity index is 2.04. The predicted octanol–water partition coefficient (Wildman–Crippen LogP) is 5.60. The summed E-state index contributed by atoms with van der Waals surface area (Å²) in [5.74, 6) is -0.816. The molecule has 1 N–H and O–H groups in total. The van der Waals surface area contributed by atoms with Crippen molar-refractivity contribution in [2.24, 2.45) is 0 Å². The standard InChI is InChI=1S/C22H19Cl2F3N2O4/c1-3-32-20(30)18-17(11-33-14-6-4-5-12(9-14)22(25,26)27)29(2)21(31)28-19(18)15-8-7-13(23)10-16(15)24/h4-10,19H,3,11H2,1-2H3,(H,28,31). The number of carbonyl (C=O) groups is 2. The lowest BCUT2D eigenvalue weighted by Gasteiger charge is -2.34. The van der Waals surface area contributed by atoms with Crippen LogP contribution in [0.3, 0.4) is 0 Å². The number of ether oxygens (including phenoxy) is 2. The molecule has 33 heavy (non-hydrogen) atoms. The highest BCUT2D eigenvalue weighted by atomic mass is 35.5. The molecule has 2 aromatic rings. The molecule has 1 atom stereocenters. The first kappa shape index (κ1) is 24.7. The molecule has 0 aromatic heterocycles. The SMILES string of the molecule is CCOC(=O)C1=C(COc2cccc(C(F)(F)F)c2)N(C)C(=O)NC1c1ccc(Cl)cc1Cl. The molecule has 2 amide bonds. The highest BCUT2D eigenvalue weighted by Crippen LogP contribution is 2.36. The van der Waals surface area contributed by atoms with Crippen molar-refractivity contribution in [3.8, 4) is 5.75 Å². The Labute approximate surface area is 197 Å². The van der Waals surface area contributed by atoms with E-state index in [1.54, 1.807) is 19.1 Å². The van der Waals surface area contributed by atoms with E-state index < -0.39 is 29.8 Å². The molecule has 1 aliphatic rings. The van der Waals surface area contributed by atoms with E-state index in [0.29, 0.717) is 10.6 Å². The molecule has 0 radical (unpaired) electrons. The smallest absolute Gasteiger partial charge is 0.416 e. The minimum Gasteiger partial charge on any atom is -0.487 e. The summed E-state index contributed by atoms with van der Waals surface area (Å²) in [6.45, 7) is 1.30. The maximum atomic E-state index is 13.0. The molecule has 11 heteroatoms. The fourth-order valence-electron chi connectivity index (χ4n) is 3.26. The Kier molecular flexibility index (Phi) is 7.44. The van der Waals surface area contributed by atoms with Gasteiger partial charge in [0.25, 0.3) is 0 Å². The third kappa shape index (κ3) is 5.54. The van der Waals surface area contributed by atoms with Crippen molar-refractivity contribution in [2.45, 2.75) is 19.1 Å². The fourth-order valence-corrected chi connectivity index (χ4v) is 3.78. The molecule has 0 saturated carbocycles. The minimum absolute atomic E-state index is 0.0372. The summed E-state index contributed by atoms with van der Waals surface area (Å²) in [7, 11) is 1.40. The average Bonchev–Trinajstić information content (AvgIpc) is 2.74. The van der Waals surface area contributed by atoms with Crippen molar-refractivity contribution in [1.29, 1.82) is 0 Å². The van der Waals surface area contributed by atoms with E-state index in [1.165, 1.54) is 25.2 Å². The quantitative estimate of drug-likeness (QED) is 0.521. The Bertz CT molecular complexity index is 1110. The zero-order chi connectivity index (χ0) is 24.3. The Morgan fingerprint density at radius 2 is 1.91 bits per heavy atom. The van der Waals surface area contributed by atoms with E-state index in [-0.39, 0.29) is 35.3 Å². The van der Waals surface area contributed by atoms with Crippen molar-refractivity contribution in [1.82, 2.24) is 10.2 Å². The molecule has 0 spiro atoms. The zero-order valence-corrected chi connectivity index (χ0v) is 19.0. The molecule has 0 bridgehead atoms. The van der Waals surface area contributed by atoms with Gasteiger partial charge in [-0.3, -0.25) is 4.90 Å². The maximum absolute atomic E-state index is 13.0. The van der Waals surface area contributed by atoms with E-state index in [0.717, 1.165) is 17.0 Å². The van der Waals surface area contributed by atoms with Gasteiger partial charge < -0.3 is 14.8 Å². The lowest BCUT2D eigenvalue weighted by molar-refractivity contribution is -0.139. The van der Waals surface area contributed by atoms with Crippen LogP contribution in [0.1, 0.15) is 24.1 Å². The molecule has 6 nitrogen and oxygen atoms in total. The van der Waals surface area contributed by atoms with Crippen molar-refractivity contribution in [2.75, 3.05) is 20.3 Å². The average molecular weight is 503 g/mol. The largest absolute Gasteiger partial charge is 0.487 e. The molecule has 1 unspecified atom stereocenters. The Hall–Kier alpha value is -2.91. The molecule has 176 valence electrons. The summed E-state index contributed by atoms with van der Waals surface area (Å²) in [6.07, 6.45) is -4.55. The molecular formula is C22H19Cl2F3N2O4. The van der Waals surface area contributed by atoms with Gasteiger partial charge in [0.15, 0.2) is 0 Å². The van der Waals surface area contributed by atoms with Crippen LogP contribution >= 0.6 is 23.2 Å². The van der Waals surface area contributed by atoms with Crippen molar-refractivity contribution < 1.29 is 32.2 Å². The molecule has 1 aliphatic heterocycles. The van der Waals surface area contributed by atoms with Crippen LogP contribution < -0.4 is 10.1 Å². The maximum Gasteiger partial charge on any atom is 0.416 e. The molecular weight excluding hydrogens is 484 g/mol. The van der Waals surface area contributed by atoms with Gasteiger partial charge in [0.1, 0.15) is 12.4 Å². The summed E-state index contributed by atoms with van der Waals surface area (Å²) >= 11 is 12.3. The number of halogens is 5. The lowest BCUT2D eigenvalue weighted by Crippen LogP contribution is -2.48. The number of hydrogen-bond donors (Lipinski definition) is 1. The van der Waals surface area contributed by atoms with Gasteiger partial charge >= 0.3 is 18.2 Å². The van der Waals surface area contributed by atoms with Crippen molar-refractivity contribution >= 4 is 35.2 Å². The summed E-state index contributed by atoms with van der Waals surface area (Å²) in [5, 5.41) is 3.25. The monoisotopic (exact) mass is 502 g/mol. The lowest BCUT2D eigenvalue weighted by atomic mass is 9.94. The van der Waals surface area contributed by atoms with Crippen molar-refractivity contribution in [3.63, 3.8) is 0 Å². The van der Waals surface area contributed by atoms with Gasteiger partial charge in [-0.05, 0) is 42.8 Å². The fraction of sp³-hybridized carbons (Fsp3) is 0.273. The molecule has 2 aromatic carbocycles. The van der Waals surface area contributed by atoms with Crippen LogP contribution in [0.4, 0.5) is 18.0 Å². The number of hydrogen-bond acceptors (Lipinski definition) is 4. The zero-order valence-electron chi connectivity index (χ0n) is 17.5. The van der Waals surface area contributed by atoms with E-state index in [2.05, 4.69) is 5.32 Å². The summed E-state index contributed by atoms with van der Waals surface area (Å²) in [5.41, 5.74) is -0.344. The highest BCUT2D eigenvalue weighted by Gasteiger charge is 2.38. The summed E-state index contributed by atoms with van der Waals surface area (Å²) in [4.78, 5) is 26.7. The van der Waals surface area contributed by atoms with Crippen LogP contribution in [0.5, 0.6) is 5.75 Å². The third-order valence-electron chi connectivity index (χ3n) is 4.88. The molecule has 0 saturated heterocycles. The van der Waals surface area contributed by atoms with E-state index in [4.69, 9.17) is 32.7 Å². The van der Waals surface area contributed by atoms with E-state index in [9.17, 15) is 22.8 Å². The van der Waals surface area contributed by atoms with Crippen molar-refractivity contribution in [3.05, 3.63) is 74.9 Å². The Morgan fingerprint density at radius 3 is 2.55 bits per heavy atom. The second-order valence-electron chi connectivity index (χ2n) is 7.00. The number of nitrogens with zero attached hydrogens (tertiary/aromatic N) is 1. The van der Waals surface area contributed by atoms with Crippen LogP contribution in [-0.4, -0.2) is 37.2 Å². The van der Waals surface area contributed by atoms with Crippen LogP contribution in [-0.2, 0) is 15.7 Å². The van der Waals surface area contributed by atoms with Gasteiger partial charge in [-0.2, -0.15) is 13.2 Å². The Morgan fingerprint density at radius 1 is 1.18 bits per heavy atom. The number of benzene rings is 2. The van der Waals surface area contributed by atoms with Crippen LogP contribution in [0, 0.1) is 0 Å². The number of esters is 1.